The number of nitriles is 3. The highest BCUT2D eigenvalue weighted by Crippen LogP contribution is 2.17. The van der Waals surface area contributed by atoms with Crippen molar-refractivity contribution in [3.8, 4) is 17.4 Å². The number of amides is 6. The third-order valence-corrected chi connectivity index (χ3v) is 22.2. The molecule has 0 bridgehead atoms. The number of thioether (sulfide) groups is 4. The number of unbranched alkanes of at least 4 members (excludes halogenated alkanes) is 18. The van der Waals surface area contributed by atoms with Crippen molar-refractivity contribution >= 4 is 235 Å². The molecule has 3 unspecified atom stereocenters. The first kappa shape index (κ1) is 156. The third kappa shape index (κ3) is 188. The molecule has 0 aromatic heterocycles. The summed E-state index contributed by atoms with van der Waals surface area (Å²) in [5, 5.41) is 60.6. The van der Waals surface area contributed by atoms with Crippen molar-refractivity contribution < 1.29 is 72.9 Å². The Labute approximate surface area is 812 Å². The van der Waals surface area contributed by atoms with E-state index in [9.17, 15) is 43.2 Å². The molecule has 42 heteroatoms. The van der Waals surface area contributed by atoms with Gasteiger partial charge in [0.25, 0.3) is 17.9 Å². The summed E-state index contributed by atoms with van der Waals surface area (Å²) in [6.45, 7) is 3.25. The van der Waals surface area contributed by atoms with Crippen molar-refractivity contribution in [2.75, 3.05) is 139 Å². The number of nitrogens with two attached hydrogens (primary N) is 3. The molecule has 738 valence electrons. The quantitative estimate of drug-likeness (QED) is 0.0116. The van der Waals surface area contributed by atoms with E-state index in [1.54, 1.807) is 103 Å². The Hall–Kier alpha value is -1.92. The minimum absolute atomic E-state index is 0.0422. The lowest BCUT2D eigenvalue weighted by atomic mass is 10.0. The highest BCUT2D eigenvalue weighted by molar-refractivity contribution is 8.76. The summed E-state index contributed by atoms with van der Waals surface area (Å²) in [6, 6.07) is -1.42. The molecule has 0 heterocycles. The van der Waals surface area contributed by atoms with Crippen LogP contribution in [-0.2, 0) is 57.5 Å². The van der Waals surface area contributed by atoms with Crippen LogP contribution in [0.5, 0.6) is 0 Å². The molecule has 0 radical (unpaired) electrons. The number of Topliss-reactive ketones (excluding diaryl/α,β-unsaturated/α-hetero) is 3. The molecule has 124 heavy (non-hydrogen) atoms. The fourth-order valence-corrected chi connectivity index (χ4v) is 11.6. The maximum absolute atomic E-state index is 12.1. The van der Waals surface area contributed by atoms with E-state index in [4.69, 9.17) is 45.5 Å². The number of likely N-dealkylation sites (N-methyl/N-ethyl adjacent to an activating group) is 3. The second kappa shape index (κ2) is 152. The number of carbonyl (C=O) groups excluding carboxylic acids is 9. The molecule has 0 aliphatic rings. The minimum Gasteiger partial charge on any atom is -0.481 e. The summed E-state index contributed by atoms with van der Waals surface area (Å²) >= 11 is 15.7. The number of carboxylic acid groups (broad SMARTS) is 3. The van der Waals surface area contributed by atoms with Crippen molar-refractivity contribution in [1.29, 1.82) is 15.8 Å². The zero-order chi connectivity index (χ0) is 98.9. The van der Waals surface area contributed by atoms with Gasteiger partial charge in [-0.25, -0.2) is 0 Å². The number of rotatable bonds is 61. The van der Waals surface area contributed by atoms with Gasteiger partial charge in [0.15, 0.2) is 0 Å². The minimum atomic E-state index is -0.833. The van der Waals surface area contributed by atoms with Gasteiger partial charge in [0.1, 0.15) is 35.5 Å². The molecule has 0 aliphatic heterocycles. The first-order valence-electron chi connectivity index (χ1n) is 41.4. The Morgan fingerprint density at radius 1 is 0.298 bits per heavy atom. The maximum atomic E-state index is 12.1. The predicted octanol–water partition coefficient (Wildman–Crippen LogP) is 17.8. The van der Waals surface area contributed by atoms with E-state index in [1.807, 2.05) is 74.8 Å². The van der Waals surface area contributed by atoms with Crippen molar-refractivity contribution in [3.05, 3.63) is 0 Å². The van der Waals surface area contributed by atoms with Gasteiger partial charge >= 0.3 is 0 Å². The molecular weight excluding hydrogens is 1870 g/mol. The lowest BCUT2D eigenvalue weighted by molar-refractivity contribution is -0.135. The Kier molecular flexibility index (Phi) is 192. The average Bonchev–Trinajstić information content (AvgIpc) is 0.939. The SMILES string of the molecule is CC(=O)O.CC(=O)O.CC(=O)O.CN.CN.CN.CNC(=O)[C@H](CCCCCC(=O)CCCCCS)NC(=O)CCCCCS.CNC(=O)[C@H](CCCCCC(=O)CCCCCSC)NC(=O)CCCCCSC.CNC(=O)[C@H](CCCCCC(=O)CCCCCSC)NC(=O)CCCCCSC.CSSC.CSSC.CSSC.N#CP.N#CP.N#CP. The molecule has 0 aromatic carbocycles. The van der Waals surface area contributed by atoms with Gasteiger partial charge in [0.2, 0.25) is 35.4 Å². The number of aliphatic carboxylic acids is 3. The van der Waals surface area contributed by atoms with Gasteiger partial charge in [-0.05, 0) is 262 Å². The Balaban J connectivity index is -0.0000000907. The number of nitrogens with zero attached hydrogens (tertiary/aromatic N) is 3. The molecule has 0 rings (SSSR count). The van der Waals surface area contributed by atoms with Crippen LogP contribution < -0.4 is 49.1 Å². The van der Waals surface area contributed by atoms with Gasteiger partial charge in [0.05, 0.1) is 17.4 Å². The van der Waals surface area contributed by atoms with Crippen LogP contribution in [0.1, 0.15) is 271 Å². The first-order chi connectivity index (χ1) is 59.3. The largest absolute Gasteiger partial charge is 0.481 e. The van der Waals surface area contributed by atoms with E-state index in [0.717, 1.165) is 204 Å². The van der Waals surface area contributed by atoms with Crippen LogP contribution in [0.4, 0.5) is 0 Å². The van der Waals surface area contributed by atoms with Crippen LogP contribution in [0.25, 0.3) is 0 Å². The van der Waals surface area contributed by atoms with E-state index in [1.165, 1.54) is 45.5 Å². The standard InChI is InChI=1S/2C22H42N2O3S2.C20H38N2O3S2.3C2H4O2.3C2H6S2.3CH2NP.3CH5N/c2*1-23-22(27)20(24-21(26)16-10-6-12-18-29-3)15-9-4-7-13-19(25)14-8-5-11-17-28-2;1-21-20(25)18(22-19(24)14-8-4-10-16-27)13-7-2-5-11-17(23)12-6-3-9-15-26;3*1-2(3)4;3*1-3-4-2;3*2-1-3;3*1-2/h2*20H,4-18H2,1-3H3,(H,23,27)(H,24,26);18,26-27H,2-16H2,1H3,(H,21,25)(H,22,24);3*1H3,(H,3,4);3*1-2H3;3*3H2;3*2H2,1H3/t2*20-;18-;;;;;;;;;;;;/m000............/s1. The van der Waals surface area contributed by atoms with Gasteiger partial charge in [-0.3, -0.25) is 57.5 Å². The summed E-state index contributed by atoms with van der Waals surface area (Å²) in [5.74, 6) is 9.27. The van der Waals surface area contributed by atoms with Gasteiger partial charge in [0, 0.05) is 99.7 Å². The van der Waals surface area contributed by atoms with Crippen LogP contribution in [0, 0.1) is 33.2 Å². The number of hydrogen-bond acceptors (Lipinski definition) is 30. The first-order valence-corrected chi connectivity index (χ1v) is 58.9. The number of thiol groups is 2. The predicted molar refractivity (Wildman–Crippen MR) is 572 cm³/mol. The molecular formula is C82H173N12O15P3S12. The fraction of sp³-hybridized carbons (Fsp3) is 0.817. The van der Waals surface area contributed by atoms with Gasteiger partial charge in [-0.2, -0.15) is 88.1 Å². The molecule has 0 saturated carbocycles. The van der Waals surface area contributed by atoms with E-state index < -0.39 is 36.0 Å². The number of ketones is 3. The Morgan fingerprint density at radius 2 is 0.444 bits per heavy atom. The highest BCUT2D eigenvalue weighted by Gasteiger charge is 2.22. The summed E-state index contributed by atoms with van der Waals surface area (Å²) in [7, 11) is 25.6. The number of carboxylic acids is 3. The van der Waals surface area contributed by atoms with E-state index in [2.05, 4.69) is 137 Å². The van der Waals surface area contributed by atoms with Gasteiger partial charge < -0.3 is 64.4 Å². The third-order valence-electron chi connectivity index (χ3n) is 14.8. The highest BCUT2D eigenvalue weighted by atomic mass is 33.1. The zero-order valence-corrected chi connectivity index (χ0v) is 92.5. The Bertz CT molecular complexity index is 2290. The van der Waals surface area contributed by atoms with Crippen LogP contribution in [0.2, 0.25) is 0 Å². The molecule has 6 amide bonds. The monoisotopic (exact) mass is 2040 g/mol. The smallest absolute Gasteiger partial charge is 0.300 e. The Morgan fingerprint density at radius 3 is 0.581 bits per heavy atom. The second-order valence-electron chi connectivity index (χ2n) is 24.8. The van der Waals surface area contributed by atoms with Crippen molar-refractivity contribution in [3.63, 3.8) is 0 Å². The normalized spacial score (nSPS) is 9.77. The van der Waals surface area contributed by atoms with Crippen LogP contribution >= 0.6 is 165 Å². The van der Waals surface area contributed by atoms with Gasteiger partial charge in [-0.1, -0.05) is 142 Å². The molecule has 0 aromatic rings. The van der Waals surface area contributed by atoms with E-state index >= 15 is 0 Å². The van der Waals surface area contributed by atoms with Crippen LogP contribution in [-0.4, -0.2) is 244 Å². The molecule has 6 atom stereocenters. The number of carbonyl (C=O) groups is 12. The van der Waals surface area contributed by atoms with E-state index in [-0.39, 0.29) is 35.4 Å². The van der Waals surface area contributed by atoms with Crippen LogP contribution in [0.15, 0.2) is 0 Å². The maximum Gasteiger partial charge on any atom is 0.300 e. The number of nitrogens with one attached hydrogen (secondary N) is 6. The van der Waals surface area contributed by atoms with Crippen LogP contribution in [0.3, 0.4) is 0 Å². The molecule has 0 spiro atoms. The van der Waals surface area contributed by atoms with Gasteiger partial charge in [-0.15, -0.1) is 0 Å². The second-order valence-corrected chi connectivity index (χ2v) is 38.5. The van der Waals surface area contributed by atoms with Crippen molar-refractivity contribution in [2.24, 2.45) is 17.2 Å². The number of hydrogen-bond donors (Lipinski definition) is 14. The summed E-state index contributed by atoms with van der Waals surface area (Å²) in [4.78, 5) is 135. The summed E-state index contributed by atoms with van der Waals surface area (Å²) < 4.78 is 0. The lowest BCUT2D eigenvalue weighted by Crippen LogP contribution is -2.45. The molecule has 0 aliphatic carbocycles. The van der Waals surface area contributed by atoms with Crippen molar-refractivity contribution in [1.82, 2.24) is 31.9 Å². The lowest BCUT2D eigenvalue weighted by Gasteiger charge is -2.17. The summed E-state index contributed by atoms with van der Waals surface area (Å²) in [5.41, 5.74) is 13.5. The summed E-state index contributed by atoms with van der Waals surface area (Å²) in [6.07, 6.45) is 54.4. The average molecular weight is 2050 g/mol. The van der Waals surface area contributed by atoms with E-state index in [0.29, 0.717) is 94.4 Å². The zero-order valence-electron chi connectivity index (χ0n) is 79.1. The topological polar surface area (TPSA) is 487 Å². The molecule has 27 nitrogen and oxygen atoms in total. The molecule has 0 fully saturated rings. The fourth-order valence-electron chi connectivity index (χ4n) is 9.14. The van der Waals surface area contributed by atoms with Crippen molar-refractivity contribution in [2.45, 2.75) is 289 Å². The molecule has 15 N–H and O–H groups in total. The molecule has 0 saturated heterocycles.